The molecule has 1 heterocycles. The van der Waals surface area contributed by atoms with Crippen LogP contribution in [0.2, 0.25) is 0 Å². The molecule has 4 nitrogen and oxygen atoms in total. The van der Waals surface area contributed by atoms with Crippen molar-refractivity contribution in [2.75, 3.05) is 18.6 Å². The summed E-state index contributed by atoms with van der Waals surface area (Å²) in [5.41, 5.74) is 0.754. The van der Waals surface area contributed by atoms with Gasteiger partial charge in [-0.05, 0) is 29.0 Å². The van der Waals surface area contributed by atoms with Gasteiger partial charge in [0.15, 0.2) is 5.82 Å². The zero-order chi connectivity index (χ0) is 20.4. The number of alkyl halides is 3. The van der Waals surface area contributed by atoms with Crippen molar-refractivity contribution in [3.05, 3.63) is 41.6 Å². The average molecular weight is 381 g/mol. The van der Waals surface area contributed by atoms with Crippen LogP contribution in [-0.2, 0) is 11.6 Å². The maximum Gasteiger partial charge on any atom is 0.421 e. The van der Waals surface area contributed by atoms with Gasteiger partial charge < -0.3 is 9.64 Å². The Morgan fingerprint density at radius 2 is 1.67 bits per heavy atom. The van der Waals surface area contributed by atoms with Crippen molar-refractivity contribution in [2.45, 2.75) is 46.2 Å². The summed E-state index contributed by atoms with van der Waals surface area (Å²) in [4.78, 5) is 9.15. The minimum Gasteiger partial charge on any atom is -0.463 e. The molecule has 27 heavy (non-hydrogen) atoms. The van der Waals surface area contributed by atoms with Crippen LogP contribution in [-0.4, -0.2) is 23.6 Å². The van der Waals surface area contributed by atoms with Gasteiger partial charge in [-0.1, -0.05) is 46.8 Å². The van der Waals surface area contributed by atoms with Gasteiger partial charge in [-0.25, -0.2) is 4.98 Å². The first-order chi connectivity index (χ1) is 12.4. The fourth-order valence-electron chi connectivity index (χ4n) is 2.43. The summed E-state index contributed by atoms with van der Waals surface area (Å²) in [6.07, 6.45) is -3.79. The predicted molar refractivity (Wildman–Crippen MR) is 101 cm³/mol. The van der Waals surface area contributed by atoms with E-state index >= 15 is 0 Å². The molecule has 0 N–H and O–H groups in total. The first kappa shape index (κ1) is 21.0. The van der Waals surface area contributed by atoms with Crippen LogP contribution < -0.4 is 9.64 Å². The van der Waals surface area contributed by atoms with E-state index in [1.165, 1.54) is 4.90 Å². The summed E-state index contributed by atoms with van der Waals surface area (Å²) in [6.45, 7) is 10.4. The van der Waals surface area contributed by atoms with Gasteiger partial charge in [0.05, 0.1) is 6.61 Å². The fourth-order valence-corrected chi connectivity index (χ4v) is 2.43. The Balaban J connectivity index is 2.42. The van der Waals surface area contributed by atoms with E-state index in [-0.39, 0.29) is 23.2 Å². The Hall–Kier alpha value is -2.31. The lowest BCUT2D eigenvalue weighted by atomic mass is 9.87. The van der Waals surface area contributed by atoms with Crippen molar-refractivity contribution < 1.29 is 17.9 Å². The van der Waals surface area contributed by atoms with Crippen LogP contribution in [0.15, 0.2) is 30.5 Å². The van der Waals surface area contributed by atoms with Crippen molar-refractivity contribution in [1.29, 1.82) is 0 Å². The van der Waals surface area contributed by atoms with E-state index in [1.807, 2.05) is 26.0 Å². The van der Waals surface area contributed by atoms with E-state index in [1.54, 1.807) is 19.2 Å². The van der Waals surface area contributed by atoms with Crippen LogP contribution in [0.4, 0.5) is 24.7 Å². The molecule has 0 atom stereocenters. The lowest BCUT2D eigenvalue weighted by Gasteiger charge is -2.24. The van der Waals surface area contributed by atoms with Crippen LogP contribution in [0.3, 0.4) is 0 Å². The second-order valence-corrected chi connectivity index (χ2v) is 7.95. The quantitative estimate of drug-likeness (QED) is 0.676. The second-order valence-electron chi connectivity index (χ2n) is 7.95. The lowest BCUT2D eigenvalue weighted by molar-refractivity contribution is -0.137. The molecule has 0 saturated carbocycles. The van der Waals surface area contributed by atoms with Crippen LogP contribution in [0.1, 0.15) is 45.7 Å². The van der Waals surface area contributed by atoms with Crippen LogP contribution >= 0.6 is 0 Å². The number of hydrogen-bond donors (Lipinski definition) is 0. The van der Waals surface area contributed by atoms with Crippen molar-refractivity contribution >= 4 is 11.5 Å². The molecule has 0 aliphatic rings. The van der Waals surface area contributed by atoms with E-state index in [9.17, 15) is 13.2 Å². The maximum absolute atomic E-state index is 13.4. The highest BCUT2D eigenvalue weighted by molar-refractivity contribution is 5.63. The topological polar surface area (TPSA) is 38.2 Å². The number of ether oxygens (including phenoxy) is 1. The molecule has 0 spiro atoms. The zero-order valence-corrected chi connectivity index (χ0v) is 16.6. The van der Waals surface area contributed by atoms with Crippen molar-refractivity contribution in [1.82, 2.24) is 9.97 Å². The Morgan fingerprint density at radius 3 is 2.15 bits per heavy atom. The molecule has 0 radical (unpaired) electrons. The fraction of sp³-hybridized carbons (Fsp3) is 0.500. The van der Waals surface area contributed by atoms with Gasteiger partial charge in [-0.3, -0.25) is 0 Å². The Kier molecular flexibility index (Phi) is 6.02. The van der Waals surface area contributed by atoms with E-state index < -0.39 is 11.7 Å². The first-order valence-electron chi connectivity index (χ1n) is 8.81. The highest BCUT2D eigenvalue weighted by atomic mass is 19.4. The average Bonchev–Trinajstić information content (AvgIpc) is 2.57. The number of rotatable bonds is 5. The summed E-state index contributed by atoms with van der Waals surface area (Å²) in [6, 6.07) is 7.34. The van der Waals surface area contributed by atoms with Gasteiger partial charge in [-0.15, -0.1) is 0 Å². The number of hydrogen-bond acceptors (Lipinski definition) is 4. The molecule has 0 fully saturated rings. The second kappa shape index (κ2) is 7.74. The highest BCUT2D eigenvalue weighted by Gasteiger charge is 2.36. The summed E-state index contributed by atoms with van der Waals surface area (Å²) >= 11 is 0. The summed E-state index contributed by atoms with van der Waals surface area (Å²) in [7, 11) is 1.55. The number of nitrogens with zero attached hydrogens (tertiary/aromatic N) is 3. The number of anilines is 2. The summed E-state index contributed by atoms with van der Waals surface area (Å²) < 4.78 is 45.7. The zero-order valence-electron chi connectivity index (χ0n) is 16.6. The molecule has 1 aromatic carbocycles. The molecule has 0 unspecified atom stereocenters. The normalized spacial score (nSPS) is 12.4. The number of benzene rings is 1. The number of halogens is 3. The van der Waals surface area contributed by atoms with Gasteiger partial charge >= 0.3 is 12.2 Å². The lowest BCUT2D eigenvalue weighted by Crippen LogP contribution is -2.20. The molecule has 0 aliphatic heterocycles. The largest absolute Gasteiger partial charge is 0.463 e. The standard InChI is InChI=1S/C20H26F3N3O/c1-13(2)12-27-18-24-11-16(20(21,22)23)17(25-18)26(6)15-9-7-14(8-10-15)19(3,4)5/h7-11,13H,12H2,1-6H3. The van der Waals surface area contributed by atoms with E-state index in [0.29, 0.717) is 12.3 Å². The Morgan fingerprint density at radius 1 is 1.07 bits per heavy atom. The Bertz CT molecular complexity index is 766. The molecule has 0 aliphatic carbocycles. The van der Waals surface area contributed by atoms with Gasteiger partial charge in [0.25, 0.3) is 0 Å². The molecule has 7 heteroatoms. The summed E-state index contributed by atoms with van der Waals surface area (Å²) in [5, 5.41) is 0. The molecular formula is C20H26F3N3O. The van der Waals surface area contributed by atoms with Crippen LogP contribution in [0, 0.1) is 5.92 Å². The smallest absolute Gasteiger partial charge is 0.421 e. The molecule has 0 saturated heterocycles. The third-order valence-corrected chi connectivity index (χ3v) is 4.04. The Labute approximate surface area is 158 Å². The van der Waals surface area contributed by atoms with E-state index in [0.717, 1.165) is 11.8 Å². The van der Waals surface area contributed by atoms with Crippen molar-refractivity contribution in [3.8, 4) is 6.01 Å². The monoisotopic (exact) mass is 381 g/mol. The number of aromatic nitrogens is 2. The molecule has 1 aromatic heterocycles. The van der Waals surface area contributed by atoms with Gasteiger partial charge in [0.2, 0.25) is 0 Å². The molecule has 0 amide bonds. The van der Waals surface area contributed by atoms with Crippen LogP contribution in [0.25, 0.3) is 0 Å². The van der Waals surface area contributed by atoms with Crippen molar-refractivity contribution in [2.24, 2.45) is 5.92 Å². The molecule has 148 valence electrons. The molecule has 0 bridgehead atoms. The van der Waals surface area contributed by atoms with Gasteiger partial charge in [0, 0.05) is 18.9 Å². The third kappa shape index (κ3) is 5.34. The van der Waals surface area contributed by atoms with Crippen molar-refractivity contribution in [3.63, 3.8) is 0 Å². The van der Waals surface area contributed by atoms with Gasteiger partial charge in [-0.2, -0.15) is 18.2 Å². The predicted octanol–water partition coefficient (Wildman–Crippen LogP) is 5.60. The van der Waals surface area contributed by atoms with E-state index in [4.69, 9.17) is 4.74 Å². The molecular weight excluding hydrogens is 355 g/mol. The molecule has 2 aromatic rings. The van der Waals surface area contributed by atoms with Crippen LogP contribution in [0.5, 0.6) is 6.01 Å². The summed E-state index contributed by atoms with van der Waals surface area (Å²) in [5.74, 6) is -0.0261. The third-order valence-electron chi connectivity index (χ3n) is 4.04. The molecule has 2 rings (SSSR count). The van der Waals surface area contributed by atoms with E-state index in [2.05, 4.69) is 30.7 Å². The first-order valence-corrected chi connectivity index (χ1v) is 8.81. The minimum absolute atomic E-state index is 0.0407. The maximum atomic E-state index is 13.4. The van der Waals surface area contributed by atoms with Gasteiger partial charge in [0.1, 0.15) is 5.56 Å². The SMILES string of the molecule is CC(C)COc1ncc(C(F)(F)F)c(N(C)c2ccc(C(C)(C)C)cc2)n1. The highest BCUT2D eigenvalue weighted by Crippen LogP contribution is 2.38. The minimum atomic E-state index is -4.56.